The van der Waals surface area contributed by atoms with Crippen LogP contribution in [0.25, 0.3) is 0 Å². The number of alkyl halides is 3. The maximum Gasteiger partial charge on any atom is 0.416 e. The molecule has 1 heterocycles. The number of thioether (sulfide) groups is 1. The highest BCUT2D eigenvalue weighted by molar-refractivity contribution is 8.01. The summed E-state index contributed by atoms with van der Waals surface area (Å²) in [7, 11) is -1.79. The lowest BCUT2D eigenvalue weighted by Crippen LogP contribution is -2.26. The van der Waals surface area contributed by atoms with Crippen molar-refractivity contribution in [2.45, 2.75) is 34.6 Å². The van der Waals surface area contributed by atoms with E-state index in [2.05, 4.69) is 15.4 Å². The molecular formula is C24H18F3N3O3S2. The van der Waals surface area contributed by atoms with Crippen molar-refractivity contribution < 1.29 is 27.0 Å². The van der Waals surface area contributed by atoms with Gasteiger partial charge in [-0.2, -0.15) is 13.2 Å². The van der Waals surface area contributed by atoms with Crippen LogP contribution < -0.4 is 15.4 Å². The van der Waals surface area contributed by atoms with E-state index < -0.39 is 22.7 Å². The molecule has 1 unspecified atom stereocenters. The Kier molecular flexibility index (Phi) is 5.84. The highest BCUT2D eigenvalue weighted by Crippen LogP contribution is 2.42. The second-order valence-corrected chi connectivity index (χ2v) is 10.7. The van der Waals surface area contributed by atoms with Gasteiger partial charge in [-0.15, -0.1) is 11.8 Å². The molecule has 3 aromatic rings. The van der Waals surface area contributed by atoms with Crippen LogP contribution in [-0.4, -0.2) is 21.3 Å². The lowest BCUT2D eigenvalue weighted by Gasteiger charge is -2.25. The Bertz CT molecular complexity index is 1390. The third-order valence-electron chi connectivity index (χ3n) is 5.72. The zero-order valence-corrected chi connectivity index (χ0v) is 19.8. The molecule has 0 spiro atoms. The molecule has 1 aliphatic heterocycles. The van der Waals surface area contributed by atoms with Crippen molar-refractivity contribution in [3.8, 4) is 0 Å². The van der Waals surface area contributed by atoms with Crippen LogP contribution in [0, 0.1) is 0 Å². The van der Waals surface area contributed by atoms with Gasteiger partial charge >= 0.3 is 6.18 Å². The summed E-state index contributed by atoms with van der Waals surface area (Å²) < 4.78 is 54.8. The van der Waals surface area contributed by atoms with Crippen molar-refractivity contribution in [1.82, 2.24) is 0 Å². The van der Waals surface area contributed by atoms with E-state index in [-0.39, 0.29) is 34.7 Å². The van der Waals surface area contributed by atoms with Crippen LogP contribution in [0.15, 0.2) is 64.4 Å². The second kappa shape index (κ2) is 8.72. The molecule has 3 aromatic carbocycles. The predicted molar refractivity (Wildman–Crippen MR) is 129 cm³/mol. The van der Waals surface area contributed by atoms with Gasteiger partial charge in [0.2, 0.25) is 5.91 Å². The van der Waals surface area contributed by atoms with E-state index in [9.17, 15) is 27.0 Å². The fourth-order valence-electron chi connectivity index (χ4n) is 3.79. The van der Waals surface area contributed by atoms with E-state index in [4.69, 9.17) is 0 Å². The van der Waals surface area contributed by atoms with Gasteiger partial charge in [-0.05, 0) is 66.6 Å². The lowest BCUT2D eigenvalue weighted by atomic mass is 9.86. The topological polar surface area (TPSA) is 87.3 Å². The SMILES string of the molecule is C[C@H]1Sc2ccc(C(=O)Nc3ccc(S(=O)Nc4cc(C(F)(F)F)c5cc4C5)cc3)cc2NC1=O. The van der Waals surface area contributed by atoms with E-state index >= 15 is 0 Å². The van der Waals surface area contributed by atoms with Crippen LogP contribution in [0.4, 0.5) is 30.2 Å². The Morgan fingerprint density at radius 2 is 1.80 bits per heavy atom. The number of halogens is 3. The van der Waals surface area contributed by atoms with Crippen molar-refractivity contribution in [2.75, 3.05) is 15.4 Å². The van der Waals surface area contributed by atoms with Crippen molar-refractivity contribution in [1.29, 1.82) is 0 Å². The molecule has 6 nitrogen and oxygen atoms in total. The van der Waals surface area contributed by atoms with Crippen LogP contribution in [0.2, 0.25) is 0 Å². The molecule has 3 N–H and O–H groups in total. The van der Waals surface area contributed by atoms with E-state index in [0.717, 1.165) is 11.0 Å². The molecule has 0 fully saturated rings. The molecular weight excluding hydrogens is 499 g/mol. The number of carbonyl (C=O) groups is 2. The minimum Gasteiger partial charge on any atom is -0.324 e. The van der Waals surface area contributed by atoms with Gasteiger partial charge in [0, 0.05) is 22.6 Å². The first kappa shape index (κ1) is 23.4. The highest BCUT2D eigenvalue weighted by atomic mass is 32.2. The molecule has 0 radical (unpaired) electrons. The standard InChI is InChI=1S/C24H18F3N3O3S2/c1-12-22(31)29-20-10-13(2-7-21(20)34-12)23(32)28-16-3-5-17(6-4-16)35(33)30-19-11-18(24(25,26)27)14-8-15(19)9-14/h2-8,10-12,30H,9H2,1H3,(H,28,32)(H,29,31)/t12-,35?/m1/s1. The molecule has 3 aliphatic rings. The van der Waals surface area contributed by atoms with Crippen molar-refractivity contribution in [3.05, 3.63) is 76.9 Å². The number of amides is 2. The summed E-state index contributed by atoms with van der Waals surface area (Å²) in [5.74, 6) is -0.509. The zero-order valence-electron chi connectivity index (χ0n) is 18.2. The molecule has 11 heteroatoms. The zero-order chi connectivity index (χ0) is 24.9. The first-order valence-corrected chi connectivity index (χ1v) is 12.6. The number of carbonyl (C=O) groups excluding carboxylic acids is 2. The van der Waals surface area contributed by atoms with Gasteiger partial charge in [0.05, 0.1) is 27.1 Å². The molecule has 0 saturated carbocycles. The van der Waals surface area contributed by atoms with Crippen LogP contribution in [0.1, 0.15) is 34.0 Å². The van der Waals surface area contributed by atoms with E-state index in [0.29, 0.717) is 27.4 Å². The monoisotopic (exact) mass is 517 g/mol. The Hall–Kier alpha value is -3.31. The van der Waals surface area contributed by atoms with Crippen molar-refractivity contribution >= 4 is 51.6 Å². The molecule has 180 valence electrons. The van der Waals surface area contributed by atoms with Crippen molar-refractivity contribution in [3.63, 3.8) is 0 Å². The summed E-state index contributed by atoms with van der Waals surface area (Å²) in [4.78, 5) is 25.8. The van der Waals surface area contributed by atoms with Gasteiger partial charge in [0.15, 0.2) is 0 Å². The summed E-state index contributed by atoms with van der Waals surface area (Å²) in [6.45, 7) is 1.80. The molecule has 2 atom stereocenters. The Morgan fingerprint density at radius 1 is 1.09 bits per heavy atom. The lowest BCUT2D eigenvalue weighted by molar-refractivity contribution is -0.138. The van der Waals surface area contributed by atoms with Gasteiger partial charge in [-0.1, -0.05) is 6.07 Å². The highest BCUT2D eigenvalue weighted by Gasteiger charge is 2.37. The summed E-state index contributed by atoms with van der Waals surface area (Å²) >= 11 is 1.42. The van der Waals surface area contributed by atoms with Gasteiger partial charge in [-0.3, -0.25) is 9.59 Å². The van der Waals surface area contributed by atoms with Crippen LogP contribution >= 0.6 is 11.8 Å². The van der Waals surface area contributed by atoms with Crippen molar-refractivity contribution in [2.24, 2.45) is 0 Å². The smallest absolute Gasteiger partial charge is 0.324 e. The summed E-state index contributed by atoms with van der Waals surface area (Å²) in [6, 6.07) is 13.7. The van der Waals surface area contributed by atoms with Crippen LogP contribution in [0.3, 0.4) is 0 Å². The summed E-state index contributed by atoms with van der Waals surface area (Å²) in [5.41, 5.74) is 1.77. The maximum atomic E-state index is 13.1. The van der Waals surface area contributed by atoms with E-state index in [1.54, 1.807) is 37.3 Å². The number of fused-ring (bicyclic) bond motifs is 3. The molecule has 2 aliphatic carbocycles. The third kappa shape index (κ3) is 4.65. The normalized spacial score (nSPS) is 17.0. The minimum atomic E-state index is -4.47. The van der Waals surface area contributed by atoms with E-state index in [1.165, 1.54) is 30.0 Å². The molecule has 2 amide bonds. The number of benzene rings is 3. The third-order valence-corrected chi connectivity index (χ3v) is 8.00. The largest absolute Gasteiger partial charge is 0.416 e. The van der Waals surface area contributed by atoms with Gasteiger partial charge < -0.3 is 15.4 Å². The summed E-state index contributed by atoms with van der Waals surface area (Å²) in [6.07, 6.45) is -4.27. The quantitative estimate of drug-likeness (QED) is 0.330. The Labute approximate surface area is 205 Å². The van der Waals surface area contributed by atoms with Gasteiger partial charge in [-0.25, -0.2) is 4.21 Å². The van der Waals surface area contributed by atoms with Crippen LogP contribution in [-0.2, 0) is 28.4 Å². The predicted octanol–water partition coefficient (Wildman–Crippen LogP) is 5.43. The minimum absolute atomic E-state index is 0.124. The molecule has 0 aromatic heterocycles. The number of anilines is 3. The molecule has 6 rings (SSSR count). The Balaban J connectivity index is 1.25. The van der Waals surface area contributed by atoms with Gasteiger partial charge in [0.1, 0.15) is 11.0 Å². The average Bonchev–Trinajstić information content (AvgIpc) is 2.78. The molecule has 35 heavy (non-hydrogen) atoms. The summed E-state index contributed by atoms with van der Waals surface area (Å²) in [5, 5.41) is 5.32. The number of nitrogens with one attached hydrogen (secondary N) is 3. The molecule has 0 saturated heterocycles. The number of rotatable bonds is 5. The fraction of sp³-hybridized carbons (Fsp3) is 0.167. The van der Waals surface area contributed by atoms with E-state index in [1.807, 2.05) is 0 Å². The van der Waals surface area contributed by atoms with Gasteiger partial charge in [0.25, 0.3) is 5.91 Å². The number of hydrogen-bond donors (Lipinski definition) is 3. The maximum absolute atomic E-state index is 13.1. The Morgan fingerprint density at radius 3 is 2.49 bits per heavy atom. The number of hydrogen-bond acceptors (Lipinski definition) is 4. The molecule has 2 bridgehead atoms. The first-order chi connectivity index (χ1) is 16.6. The fourth-order valence-corrected chi connectivity index (χ4v) is 5.62. The second-order valence-electron chi connectivity index (χ2n) is 8.15. The first-order valence-electron chi connectivity index (χ1n) is 10.5. The van der Waals surface area contributed by atoms with Crippen LogP contribution in [0.5, 0.6) is 0 Å². The average molecular weight is 518 g/mol.